The Morgan fingerprint density at radius 1 is 0.897 bits per heavy atom. The van der Waals surface area contributed by atoms with E-state index < -0.39 is 106 Å². The molecular weight excluding hydrogens is 1120 g/mol. The molecule has 22 heteroatoms. The number of carbonyl (C=O) groups excluding carboxylic acids is 3. The van der Waals surface area contributed by atoms with Crippen LogP contribution >= 0.6 is 0 Å². The largest absolute Gasteiger partial charge is 0.507 e. The molecule has 4 aromatic rings. The van der Waals surface area contributed by atoms with Crippen LogP contribution in [0.1, 0.15) is 142 Å². The number of hydrogen-bond donors (Lipinski definition) is 7. The zero-order valence-electron chi connectivity index (χ0n) is 51.2. The number of hydrogen-bond acceptors (Lipinski definition) is 18. The van der Waals surface area contributed by atoms with E-state index in [9.17, 15) is 54.6 Å². The van der Waals surface area contributed by atoms with Gasteiger partial charge in [0, 0.05) is 98.9 Å². The topological polar surface area (TPSA) is 282 Å². The molecule has 87 heavy (non-hydrogen) atoms. The number of aromatic carboxylic acids is 1. The number of phenolic OH excluding ortho intramolecular Hbond substituents is 3. The van der Waals surface area contributed by atoms with Gasteiger partial charge < -0.3 is 59.8 Å². The summed E-state index contributed by atoms with van der Waals surface area (Å²) in [4.78, 5) is 71.4. The minimum atomic E-state index is -2.11. The van der Waals surface area contributed by atoms with Crippen molar-refractivity contribution in [3.63, 3.8) is 0 Å². The Bertz CT molecular complexity index is 3640. The third kappa shape index (κ3) is 11.2. The number of aromatic nitrogens is 1. The van der Waals surface area contributed by atoms with Gasteiger partial charge in [-0.1, -0.05) is 45.9 Å². The molecule has 21 nitrogen and oxygen atoms in total. The SMILES string of the molecule is CO[C@H]1/C=C/O[C@@]2(C)Oc3c(C)c(O)c4c(O)c(c(/C=N/N5CCC(N(C)C6([C@@H]7CCN(c8c(F)cn9c(=O)c(C(=O)O)cc(C%10CC%10)c9c8C)C7)CC6)CC5)c(O)c4c3C2=O)NC(=O)/C(C)=C\C=C\[C@H](C)[C@H](O)[C@@H](C)[C@@H](O)[C@H](C)[C@H](OC(C)=O)[C@H]1C. The highest BCUT2D eigenvalue weighted by Crippen LogP contribution is 2.56. The first-order valence-corrected chi connectivity index (χ1v) is 30.1. The van der Waals surface area contributed by atoms with Gasteiger partial charge in [0.2, 0.25) is 0 Å². The second-order valence-electron chi connectivity index (χ2n) is 25.3. The Morgan fingerprint density at radius 2 is 1.59 bits per heavy atom. The van der Waals surface area contributed by atoms with Gasteiger partial charge in [-0.25, -0.2) is 9.18 Å². The summed E-state index contributed by atoms with van der Waals surface area (Å²) in [6.45, 7) is 16.5. The van der Waals surface area contributed by atoms with Gasteiger partial charge in [0.15, 0.2) is 11.6 Å². The zero-order chi connectivity index (χ0) is 63.0. The smallest absolute Gasteiger partial charge is 0.341 e. The number of carbonyl (C=O) groups is 4. The van der Waals surface area contributed by atoms with Gasteiger partial charge in [0.25, 0.3) is 17.2 Å². The van der Waals surface area contributed by atoms with Crippen LogP contribution in [-0.2, 0) is 23.8 Å². The lowest BCUT2D eigenvalue weighted by Crippen LogP contribution is -2.50. The highest BCUT2D eigenvalue weighted by Gasteiger charge is 2.56. The molecule has 7 aliphatic rings. The summed E-state index contributed by atoms with van der Waals surface area (Å²) in [5.74, 6) is -10.4. The number of carboxylic acid groups (broad SMARTS) is 1. The fourth-order valence-electron chi connectivity index (χ4n) is 14.2. The van der Waals surface area contributed by atoms with Crippen molar-refractivity contribution in [2.24, 2.45) is 34.7 Å². The van der Waals surface area contributed by atoms with E-state index in [2.05, 4.69) is 22.2 Å². The molecule has 5 bridgehead atoms. The number of pyridine rings is 2. The van der Waals surface area contributed by atoms with Crippen molar-refractivity contribution < 1.29 is 73.2 Å². The van der Waals surface area contributed by atoms with Crippen molar-refractivity contribution in [1.82, 2.24) is 14.3 Å². The number of nitrogens with one attached hydrogen (secondary N) is 1. The maximum absolute atomic E-state index is 16.3. The molecule has 2 aliphatic carbocycles. The lowest BCUT2D eigenvalue weighted by atomic mass is 9.78. The molecule has 2 saturated carbocycles. The number of rotatable bonds is 10. The Hall–Kier alpha value is -7.53. The number of methoxy groups -OCH3 is 1. The number of aliphatic hydroxyl groups is 2. The first-order chi connectivity index (χ1) is 41.2. The quantitative estimate of drug-likeness (QED) is 0.0341. The molecule has 11 rings (SSSR count). The number of ether oxygens (including phenoxy) is 4. The van der Waals surface area contributed by atoms with Crippen molar-refractivity contribution in [2.75, 3.05) is 50.6 Å². The molecular formula is C65H81FN6O15. The van der Waals surface area contributed by atoms with Gasteiger partial charge in [-0.15, -0.1) is 0 Å². The normalized spacial score (nSPS) is 29.6. The molecule has 0 radical (unpaired) electrons. The van der Waals surface area contributed by atoms with Crippen molar-refractivity contribution in [3.05, 3.63) is 98.0 Å². The Morgan fingerprint density at radius 3 is 2.22 bits per heavy atom. The number of phenols is 3. The van der Waals surface area contributed by atoms with Gasteiger partial charge in [-0.3, -0.25) is 33.5 Å². The van der Waals surface area contributed by atoms with Crippen molar-refractivity contribution in [2.45, 2.75) is 155 Å². The van der Waals surface area contributed by atoms with Crippen molar-refractivity contribution in [3.8, 4) is 23.0 Å². The maximum Gasteiger partial charge on any atom is 0.341 e. The van der Waals surface area contributed by atoms with Crippen LogP contribution in [0.15, 0.2) is 58.3 Å². The number of nitrogens with zero attached hydrogens (tertiary/aromatic N) is 5. The van der Waals surface area contributed by atoms with Crippen LogP contribution in [0.25, 0.3) is 16.3 Å². The number of halogens is 1. The number of fused-ring (bicyclic) bond motifs is 15. The first-order valence-electron chi connectivity index (χ1n) is 30.1. The summed E-state index contributed by atoms with van der Waals surface area (Å²) >= 11 is 0. The minimum Gasteiger partial charge on any atom is -0.507 e. The van der Waals surface area contributed by atoms with Gasteiger partial charge in [0.1, 0.15) is 28.9 Å². The Kier molecular flexibility index (Phi) is 17.2. The van der Waals surface area contributed by atoms with Gasteiger partial charge >= 0.3 is 17.7 Å². The predicted molar refractivity (Wildman–Crippen MR) is 323 cm³/mol. The summed E-state index contributed by atoms with van der Waals surface area (Å²) in [6.07, 6.45) is 11.7. The highest BCUT2D eigenvalue weighted by molar-refractivity contribution is 6.24. The van der Waals surface area contributed by atoms with Crippen molar-refractivity contribution >= 4 is 57.5 Å². The van der Waals surface area contributed by atoms with Gasteiger partial charge in [-0.2, -0.15) is 5.10 Å². The predicted octanol–water partition coefficient (Wildman–Crippen LogP) is 8.18. The van der Waals surface area contributed by atoms with Crippen LogP contribution in [0, 0.1) is 49.3 Å². The molecule has 2 saturated heterocycles. The van der Waals surface area contributed by atoms with E-state index in [0.29, 0.717) is 55.8 Å². The highest BCUT2D eigenvalue weighted by atomic mass is 19.1. The summed E-state index contributed by atoms with van der Waals surface area (Å²) in [6, 6.07) is 1.62. The van der Waals surface area contributed by atoms with Crippen LogP contribution in [0.2, 0.25) is 0 Å². The number of piperidine rings is 1. The van der Waals surface area contributed by atoms with E-state index in [1.165, 1.54) is 69.9 Å². The van der Waals surface area contributed by atoms with Gasteiger partial charge in [0.05, 0.1) is 70.4 Å². The molecule has 2 aromatic heterocycles. The molecule has 5 aliphatic heterocycles. The van der Waals surface area contributed by atoms with E-state index in [-0.39, 0.29) is 73.5 Å². The Labute approximate surface area is 504 Å². The van der Waals surface area contributed by atoms with E-state index in [0.717, 1.165) is 43.9 Å². The molecule has 468 valence electrons. The average Bonchev–Trinajstić information content (AvgIpc) is 1.69. The number of aromatic hydroxyl groups is 3. The fraction of sp³-hybridized carbons (Fsp3) is 0.538. The summed E-state index contributed by atoms with van der Waals surface area (Å²) in [5, 5.41) is 78.5. The van der Waals surface area contributed by atoms with Crippen LogP contribution in [-0.4, -0.2) is 157 Å². The molecule has 1 amide bonds. The molecule has 7 heterocycles. The number of esters is 1. The Balaban J connectivity index is 0.932. The van der Waals surface area contributed by atoms with E-state index >= 15 is 4.39 Å². The molecule has 10 atom stereocenters. The van der Waals surface area contributed by atoms with E-state index in [1.54, 1.807) is 39.8 Å². The minimum absolute atomic E-state index is 0.0215. The fourth-order valence-corrected chi connectivity index (χ4v) is 14.2. The number of allylic oxidation sites excluding steroid dienone is 2. The number of benzene rings is 2. The van der Waals surface area contributed by atoms with E-state index in [1.807, 2.05) is 11.9 Å². The summed E-state index contributed by atoms with van der Waals surface area (Å²) in [7, 11) is 3.58. The van der Waals surface area contributed by atoms with Crippen LogP contribution in [0.4, 0.5) is 15.8 Å². The van der Waals surface area contributed by atoms with Gasteiger partial charge in [-0.05, 0) is 108 Å². The van der Waals surface area contributed by atoms with Crippen LogP contribution < -0.4 is 20.5 Å². The van der Waals surface area contributed by atoms with E-state index in [4.69, 9.17) is 24.0 Å². The summed E-state index contributed by atoms with van der Waals surface area (Å²) < 4.78 is 41.4. The lowest BCUT2D eigenvalue weighted by Gasteiger charge is -2.42. The average molecular weight is 1210 g/mol. The van der Waals surface area contributed by atoms with Crippen molar-refractivity contribution in [1.29, 1.82) is 0 Å². The zero-order valence-corrected chi connectivity index (χ0v) is 51.2. The molecule has 7 N–H and O–H groups in total. The number of anilines is 2. The van der Waals surface area contributed by atoms with Crippen LogP contribution in [0.3, 0.4) is 0 Å². The first kappa shape index (κ1) is 62.5. The third-order valence-electron chi connectivity index (χ3n) is 19.8. The maximum atomic E-state index is 16.3. The number of aliphatic hydroxyl groups excluding tert-OH is 2. The number of aryl methyl sites for hydroxylation is 1. The number of Topliss-reactive ketones (excluding diaryl/α,β-unsaturated/α-hetero) is 1. The second kappa shape index (κ2) is 23.9. The number of carboxylic acids is 1. The standard InChI is InChI=1S/C65H81FN6O15/c1-31-13-12-14-32(2)61(80)68-50-44(56(77)47-48(57(50)78)55(76)37(7)59-49(47)60(79)64(9,87-59)85-26-20-46(84-11)33(3)58(86-38(8)73)36(6)54(75)35(5)53(31)74)28-67-71-24-18-41(19-25-71)69(10)65(21-22-65)40-17-23-70(29-40)52-34(4)51-42(39-15-16-39)27-43(63(82)83)62(81)72(51)30-45(52)66/h12-14,20,26-28,30-31,33,35-36,39-41,46,53-54,58,74-78H,15-19,21-25,29H2,1-11H3,(H,68,80)(H,82,83)/b13-12+,26-20+,32-14-,67-28+/t31-,33-,35+,36-,40+,46-,53-,54+,58+,64-/m0/s1. The lowest BCUT2D eigenvalue weighted by molar-refractivity contribution is -0.160. The molecule has 4 fully saturated rings. The molecule has 0 unspecified atom stereocenters. The monoisotopic (exact) mass is 1200 g/mol. The second-order valence-corrected chi connectivity index (χ2v) is 25.3. The number of ketones is 1. The summed E-state index contributed by atoms with van der Waals surface area (Å²) in [5.41, 5.74) is 0.593. The molecule has 2 aromatic carbocycles. The molecule has 0 spiro atoms. The van der Waals surface area contributed by atoms with Crippen LogP contribution in [0.5, 0.6) is 23.0 Å². The number of amides is 1. The number of hydrazone groups is 1. The third-order valence-corrected chi connectivity index (χ3v) is 19.8.